The molecule has 0 aliphatic rings. The zero-order valence-corrected chi connectivity index (χ0v) is 19.8. The Hall–Kier alpha value is -1.75. The highest BCUT2D eigenvalue weighted by atomic mass is 79.9. The van der Waals surface area contributed by atoms with Crippen LogP contribution >= 0.6 is 15.9 Å². The normalized spacial score (nSPS) is 12.5. The molecule has 10 heteroatoms. The molecule has 1 heterocycles. The third-order valence-corrected chi connectivity index (χ3v) is 6.41. The van der Waals surface area contributed by atoms with Crippen LogP contribution in [0.15, 0.2) is 39.8 Å². The maximum atomic E-state index is 12.6. The summed E-state index contributed by atoms with van der Waals surface area (Å²) in [6.45, 7) is 4.37. The van der Waals surface area contributed by atoms with Crippen LogP contribution in [0.2, 0.25) is 0 Å². The zero-order valence-electron chi connectivity index (χ0n) is 17.4. The van der Waals surface area contributed by atoms with Gasteiger partial charge in [-0.25, -0.2) is 18.1 Å². The van der Waals surface area contributed by atoms with Crippen molar-refractivity contribution in [3.05, 3.63) is 34.9 Å². The highest BCUT2D eigenvalue weighted by molar-refractivity contribution is 9.10. The number of unbranched alkanes of at least 4 members (excludes halogenated alkanes) is 4. The second-order valence-corrected chi connectivity index (χ2v) is 9.70. The molecule has 2 rings (SSSR count). The molecule has 8 nitrogen and oxygen atoms in total. The van der Waals surface area contributed by atoms with Crippen molar-refractivity contribution in [3.63, 3.8) is 0 Å². The zero-order chi connectivity index (χ0) is 22.0. The summed E-state index contributed by atoms with van der Waals surface area (Å²) in [5.41, 5.74) is 0.560. The fourth-order valence-electron chi connectivity index (χ4n) is 2.70. The molecule has 1 aromatic carbocycles. The van der Waals surface area contributed by atoms with Gasteiger partial charge < -0.3 is 15.7 Å². The summed E-state index contributed by atoms with van der Waals surface area (Å²) in [4.78, 5) is 8.77. The van der Waals surface area contributed by atoms with Crippen molar-refractivity contribution in [2.75, 3.05) is 23.8 Å². The predicted octanol–water partition coefficient (Wildman–Crippen LogP) is 4.02. The monoisotopic (exact) mass is 499 g/mol. The van der Waals surface area contributed by atoms with E-state index in [1.807, 2.05) is 6.92 Å². The molecule has 0 aliphatic carbocycles. The van der Waals surface area contributed by atoms with Gasteiger partial charge in [-0.05, 0) is 47.5 Å². The molecular formula is C20H30BrN5O3S. The van der Waals surface area contributed by atoms with E-state index in [2.05, 4.69) is 48.2 Å². The minimum atomic E-state index is -3.58. The molecule has 0 unspecified atom stereocenters. The first-order chi connectivity index (χ1) is 14.4. The van der Waals surface area contributed by atoms with Gasteiger partial charge in [0, 0.05) is 24.5 Å². The van der Waals surface area contributed by atoms with E-state index in [0.717, 1.165) is 25.7 Å². The molecule has 0 amide bonds. The smallest absolute Gasteiger partial charge is 0.240 e. The molecule has 0 fully saturated rings. The van der Waals surface area contributed by atoms with E-state index in [1.54, 1.807) is 30.5 Å². The van der Waals surface area contributed by atoms with E-state index >= 15 is 0 Å². The Morgan fingerprint density at radius 2 is 1.97 bits per heavy atom. The van der Waals surface area contributed by atoms with Crippen LogP contribution in [0.3, 0.4) is 0 Å². The van der Waals surface area contributed by atoms with Crippen molar-refractivity contribution in [3.8, 4) is 0 Å². The Morgan fingerprint density at radius 3 is 2.70 bits per heavy atom. The number of sulfonamides is 1. The van der Waals surface area contributed by atoms with Crippen molar-refractivity contribution >= 4 is 43.4 Å². The number of aliphatic hydroxyl groups is 1. The van der Waals surface area contributed by atoms with E-state index in [1.165, 1.54) is 6.42 Å². The molecule has 0 aliphatic heterocycles. The number of benzene rings is 1. The van der Waals surface area contributed by atoms with Crippen LogP contribution in [0.1, 0.15) is 46.0 Å². The van der Waals surface area contributed by atoms with Crippen LogP contribution in [-0.2, 0) is 10.0 Å². The molecule has 2 aromatic rings. The van der Waals surface area contributed by atoms with Gasteiger partial charge in [-0.15, -0.1) is 0 Å². The maximum Gasteiger partial charge on any atom is 0.240 e. The van der Waals surface area contributed by atoms with Gasteiger partial charge in [-0.2, -0.15) is 4.98 Å². The van der Waals surface area contributed by atoms with E-state index in [4.69, 9.17) is 0 Å². The summed E-state index contributed by atoms with van der Waals surface area (Å²) in [6.07, 6.45) is 6.89. The maximum absolute atomic E-state index is 12.6. The standard InChI is InChI=1S/C20H30BrN5O3S/c1-3-4-5-6-7-11-23-30(28,29)17-10-8-9-16(12-17)25-20-22-13-18(21)19(26-20)24-15(2)14-27/h8-10,12-13,15,23,27H,3-7,11,14H2,1-2H3,(H2,22,24,25,26)/t15-/m1/s1. The number of aromatic nitrogens is 2. The van der Waals surface area contributed by atoms with E-state index in [0.29, 0.717) is 28.5 Å². The highest BCUT2D eigenvalue weighted by Gasteiger charge is 2.14. The molecule has 0 saturated carbocycles. The minimum absolute atomic E-state index is 0.0370. The van der Waals surface area contributed by atoms with Gasteiger partial charge in [0.1, 0.15) is 5.82 Å². The average Bonchev–Trinajstić information content (AvgIpc) is 2.73. The van der Waals surface area contributed by atoms with Crippen molar-refractivity contribution in [1.29, 1.82) is 0 Å². The summed E-state index contributed by atoms with van der Waals surface area (Å²) < 4.78 is 28.5. The number of rotatable bonds is 13. The van der Waals surface area contributed by atoms with Crippen molar-refractivity contribution in [2.24, 2.45) is 0 Å². The summed E-state index contributed by atoms with van der Waals surface area (Å²) in [5.74, 6) is 0.840. The number of aliphatic hydroxyl groups excluding tert-OH is 1. The topological polar surface area (TPSA) is 116 Å². The lowest BCUT2D eigenvalue weighted by Crippen LogP contribution is -2.24. The van der Waals surface area contributed by atoms with Gasteiger partial charge >= 0.3 is 0 Å². The quantitative estimate of drug-likeness (QED) is 0.307. The second-order valence-electron chi connectivity index (χ2n) is 7.08. The van der Waals surface area contributed by atoms with Gasteiger partial charge in [0.05, 0.1) is 16.0 Å². The lowest BCUT2D eigenvalue weighted by Gasteiger charge is -2.14. The van der Waals surface area contributed by atoms with E-state index < -0.39 is 10.0 Å². The van der Waals surface area contributed by atoms with E-state index in [-0.39, 0.29) is 17.5 Å². The fraction of sp³-hybridized carbons (Fsp3) is 0.500. The minimum Gasteiger partial charge on any atom is -0.394 e. The number of nitrogens with zero attached hydrogens (tertiary/aromatic N) is 2. The van der Waals surface area contributed by atoms with Crippen molar-refractivity contribution in [2.45, 2.75) is 56.9 Å². The second kappa shape index (κ2) is 12.2. The summed E-state index contributed by atoms with van der Waals surface area (Å²) >= 11 is 3.37. The summed E-state index contributed by atoms with van der Waals surface area (Å²) in [7, 11) is -3.58. The molecule has 0 bridgehead atoms. The number of hydrogen-bond donors (Lipinski definition) is 4. The third kappa shape index (κ3) is 7.82. The van der Waals surface area contributed by atoms with Crippen molar-refractivity contribution < 1.29 is 13.5 Å². The Bertz CT molecular complexity index is 911. The highest BCUT2D eigenvalue weighted by Crippen LogP contribution is 2.23. The van der Waals surface area contributed by atoms with Gasteiger partial charge in [0.2, 0.25) is 16.0 Å². The van der Waals surface area contributed by atoms with Crippen LogP contribution in [0.25, 0.3) is 0 Å². The van der Waals surface area contributed by atoms with Crippen molar-refractivity contribution in [1.82, 2.24) is 14.7 Å². The largest absolute Gasteiger partial charge is 0.394 e. The number of hydrogen-bond acceptors (Lipinski definition) is 7. The number of halogens is 1. The first-order valence-corrected chi connectivity index (χ1v) is 12.4. The lowest BCUT2D eigenvalue weighted by molar-refractivity contribution is 0.281. The van der Waals surface area contributed by atoms with Crippen LogP contribution in [-0.4, -0.2) is 42.7 Å². The lowest BCUT2D eigenvalue weighted by atomic mass is 10.2. The molecule has 1 aromatic heterocycles. The Morgan fingerprint density at radius 1 is 1.20 bits per heavy atom. The molecule has 4 N–H and O–H groups in total. The predicted molar refractivity (Wildman–Crippen MR) is 124 cm³/mol. The number of nitrogens with one attached hydrogen (secondary N) is 3. The molecule has 1 atom stereocenters. The van der Waals surface area contributed by atoms with Gasteiger partial charge in [0.15, 0.2) is 0 Å². The SMILES string of the molecule is CCCCCCCNS(=O)(=O)c1cccc(Nc2ncc(Br)c(N[C@H](C)CO)n2)c1. The molecular weight excluding hydrogens is 470 g/mol. The van der Waals surface area contributed by atoms with Crippen LogP contribution < -0.4 is 15.4 Å². The molecule has 0 radical (unpaired) electrons. The Labute approximate surface area is 187 Å². The molecule has 0 saturated heterocycles. The summed E-state index contributed by atoms with van der Waals surface area (Å²) in [6, 6.07) is 6.35. The van der Waals surface area contributed by atoms with Crippen LogP contribution in [0, 0.1) is 0 Å². The van der Waals surface area contributed by atoms with Gasteiger partial charge in [-0.1, -0.05) is 38.7 Å². The fourth-order valence-corrected chi connectivity index (χ4v) is 4.12. The van der Waals surface area contributed by atoms with Crippen LogP contribution in [0.5, 0.6) is 0 Å². The first-order valence-electron chi connectivity index (χ1n) is 10.1. The average molecular weight is 500 g/mol. The Kier molecular flexibility index (Phi) is 9.96. The molecule has 166 valence electrons. The van der Waals surface area contributed by atoms with Gasteiger partial charge in [0.25, 0.3) is 0 Å². The Balaban J connectivity index is 2.04. The number of anilines is 3. The third-order valence-electron chi connectivity index (χ3n) is 4.37. The van der Waals surface area contributed by atoms with Gasteiger partial charge in [-0.3, -0.25) is 0 Å². The molecule has 30 heavy (non-hydrogen) atoms. The van der Waals surface area contributed by atoms with Crippen LogP contribution in [0.4, 0.5) is 17.5 Å². The first kappa shape index (κ1) is 24.5. The summed E-state index contributed by atoms with van der Waals surface area (Å²) in [5, 5.41) is 15.3. The van der Waals surface area contributed by atoms with E-state index in [9.17, 15) is 13.5 Å². The molecule has 0 spiro atoms.